The van der Waals surface area contributed by atoms with Crippen molar-refractivity contribution in [3.63, 3.8) is 0 Å². The number of Topliss-reactive ketones (excluding diaryl/α,β-unsaturated/α-hetero) is 1. The van der Waals surface area contributed by atoms with Crippen molar-refractivity contribution in [3.05, 3.63) is 28.2 Å². The predicted molar refractivity (Wildman–Crippen MR) is 63.5 cm³/mol. The Morgan fingerprint density at radius 3 is 2.41 bits per heavy atom. The highest BCUT2D eigenvalue weighted by Gasteiger charge is 2.31. The summed E-state index contributed by atoms with van der Waals surface area (Å²) in [5, 5.41) is 0. The molecule has 0 radical (unpaired) electrons. The van der Waals surface area contributed by atoms with Gasteiger partial charge in [0.1, 0.15) is 5.75 Å². The molecule has 1 atom stereocenters. The molecule has 0 N–H and O–H groups in total. The van der Waals surface area contributed by atoms with Crippen LogP contribution >= 0.6 is 31.9 Å². The number of ether oxygens (including phenoxy) is 1. The molecule has 0 aliphatic carbocycles. The van der Waals surface area contributed by atoms with Crippen molar-refractivity contribution in [2.45, 2.75) is 18.1 Å². The molecule has 1 rings (SSSR count). The van der Waals surface area contributed by atoms with Crippen LogP contribution in [0.4, 0.5) is 13.2 Å². The van der Waals surface area contributed by atoms with Crippen molar-refractivity contribution >= 4 is 37.6 Å². The van der Waals surface area contributed by atoms with Crippen LogP contribution in [0.25, 0.3) is 0 Å². The van der Waals surface area contributed by atoms with Crippen molar-refractivity contribution in [1.29, 1.82) is 0 Å². The van der Waals surface area contributed by atoms with E-state index < -0.39 is 16.9 Å². The molecule has 0 bridgehead atoms. The Morgan fingerprint density at radius 1 is 1.35 bits per heavy atom. The van der Waals surface area contributed by atoms with Crippen molar-refractivity contribution in [1.82, 2.24) is 0 Å². The minimum atomic E-state index is -4.78. The molecule has 2 nitrogen and oxygen atoms in total. The molecule has 0 fully saturated rings. The highest BCUT2D eigenvalue weighted by molar-refractivity contribution is 9.10. The SMILES string of the molecule is CC(Br)C(=O)c1cc(Br)cc(OC(F)(F)F)c1. The Labute approximate surface area is 112 Å². The van der Waals surface area contributed by atoms with Crippen LogP contribution in [0.15, 0.2) is 22.7 Å². The van der Waals surface area contributed by atoms with Crippen LogP contribution in [0.3, 0.4) is 0 Å². The van der Waals surface area contributed by atoms with Crippen LogP contribution in [0, 0.1) is 0 Å². The summed E-state index contributed by atoms with van der Waals surface area (Å²) in [7, 11) is 0. The first kappa shape index (κ1) is 14.5. The molecule has 0 heterocycles. The van der Waals surface area contributed by atoms with Gasteiger partial charge in [-0.1, -0.05) is 31.9 Å². The normalized spacial score (nSPS) is 13.3. The second-order valence-electron chi connectivity index (χ2n) is 3.20. The molecule has 0 aromatic heterocycles. The van der Waals surface area contributed by atoms with Gasteiger partial charge in [0, 0.05) is 10.0 Å². The second-order valence-corrected chi connectivity index (χ2v) is 5.49. The third kappa shape index (κ3) is 4.67. The van der Waals surface area contributed by atoms with Crippen LogP contribution in [0.2, 0.25) is 0 Å². The lowest BCUT2D eigenvalue weighted by Gasteiger charge is -2.11. The van der Waals surface area contributed by atoms with Crippen molar-refractivity contribution in [2.24, 2.45) is 0 Å². The number of hydrogen-bond donors (Lipinski definition) is 0. The van der Waals surface area contributed by atoms with Crippen LogP contribution in [0.1, 0.15) is 17.3 Å². The summed E-state index contributed by atoms with van der Waals surface area (Å²) in [5.41, 5.74) is 0.142. The van der Waals surface area contributed by atoms with E-state index >= 15 is 0 Å². The van der Waals surface area contributed by atoms with Crippen LogP contribution in [-0.4, -0.2) is 17.0 Å². The molecule has 1 unspecified atom stereocenters. The number of alkyl halides is 4. The van der Waals surface area contributed by atoms with Crippen molar-refractivity contribution in [3.8, 4) is 5.75 Å². The molecule has 7 heteroatoms. The fourth-order valence-electron chi connectivity index (χ4n) is 1.13. The third-order valence-corrected chi connectivity index (χ3v) is 2.62. The first-order chi connectivity index (χ1) is 7.69. The molecule has 0 aliphatic heterocycles. The van der Waals surface area contributed by atoms with Gasteiger partial charge in [-0.05, 0) is 25.1 Å². The first-order valence-electron chi connectivity index (χ1n) is 4.43. The predicted octanol–water partition coefficient (Wildman–Crippen LogP) is 4.31. The fourth-order valence-corrected chi connectivity index (χ4v) is 1.86. The molecule has 0 saturated carbocycles. The molecular weight excluding hydrogens is 369 g/mol. The number of carbonyl (C=O) groups excluding carboxylic acids is 1. The van der Waals surface area contributed by atoms with Gasteiger partial charge >= 0.3 is 6.36 Å². The first-order valence-corrected chi connectivity index (χ1v) is 6.14. The topological polar surface area (TPSA) is 26.3 Å². The average molecular weight is 376 g/mol. The maximum atomic E-state index is 12.0. The summed E-state index contributed by atoms with van der Waals surface area (Å²) in [5.74, 6) is -0.748. The number of ketones is 1. The number of carbonyl (C=O) groups is 1. The molecule has 0 saturated heterocycles. The Bertz CT molecular complexity index is 430. The van der Waals surface area contributed by atoms with Crippen molar-refractivity contribution < 1.29 is 22.7 Å². The smallest absolute Gasteiger partial charge is 0.406 e. The van der Waals surface area contributed by atoms with E-state index in [-0.39, 0.29) is 11.3 Å². The summed E-state index contributed by atoms with van der Waals surface area (Å²) >= 11 is 6.08. The van der Waals surface area contributed by atoms with E-state index in [4.69, 9.17) is 0 Å². The largest absolute Gasteiger partial charge is 0.573 e. The highest BCUT2D eigenvalue weighted by Crippen LogP contribution is 2.28. The lowest BCUT2D eigenvalue weighted by molar-refractivity contribution is -0.274. The van der Waals surface area contributed by atoms with Gasteiger partial charge in [0.2, 0.25) is 0 Å². The molecule has 1 aromatic carbocycles. The summed E-state index contributed by atoms with van der Waals surface area (Å²) in [4.78, 5) is 11.1. The van der Waals surface area contributed by atoms with E-state index in [1.807, 2.05) is 0 Å². The van der Waals surface area contributed by atoms with Crippen LogP contribution in [0.5, 0.6) is 5.75 Å². The monoisotopic (exact) mass is 374 g/mol. The average Bonchev–Trinajstić information content (AvgIpc) is 2.12. The lowest BCUT2D eigenvalue weighted by atomic mass is 10.1. The molecule has 94 valence electrons. The van der Waals surface area contributed by atoms with E-state index in [0.717, 1.165) is 12.1 Å². The van der Waals surface area contributed by atoms with E-state index in [9.17, 15) is 18.0 Å². The van der Waals surface area contributed by atoms with Gasteiger partial charge in [-0.3, -0.25) is 4.79 Å². The minimum Gasteiger partial charge on any atom is -0.406 e. The molecule has 17 heavy (non-hydrogen) atoms. The van der Waals surface area contributed by atoms with Crippen LogP contribution in [-0.2, 0) is 0 Å². The Balaban J connectivity index is 3.07. The Morgan fingerprint density at radius 2 is 1.94 bits per heavy atom. The molecular formula is C10H7Br2F3O2. The second kappa shape index (κ2) is 5.39. The molecule has 0 amide bonds. The van der Waals surface area contributed by atoms with Gasteiger partial charge in [-0.15, -0.1) is 13.2 Å². The number of hydrogen-bond acceptors (Lipinski definition) is 2. The van der Waals surface area contributed by atoms with Gasteiger partial charge in [0.25, 0.3) is 0 Å². The number of benzene rings is 1. The summed E-state index contributed by atoms with van der Waals surface area (Å²) in [6, 6.07) is 3.63. The van der Waals surface area contributed by atoms with E-state index in [2.05, 4.69) is 36.6 Å². The van der Waals surface area contributed by atoms with E-state index in [1.54, 1.807) is 6.92 Å². The quantitative estimate of drug-likeness (QED) is 0.581. The van der Waals surface area contributed by atoms with Crippen LogP contribution < -0.4 is 4.74 Å². The van der Waals surface area contributed by atoms with Gasteiger partial charge in [0.15, 0.2) is 5.78 Å². The maximum Gasteiger partial charge on any atom is 0.573 e. The van der Waals surface area contributed by atoms with Gasteiger partial charge in [-0.25, -0.2) is 0 Å². The number of halogens is 5. The fraction of sp³-hybridized carbons (Fsp3) is 0.300. The number of rotatable bonds is 3. The summed E-state index contributed by atoms with van der Waals surface area (Å²) in [6.07, 6.45) is -4.78. The zero-order valence-electron chi connectivity index (χ0n) is 8.52. The maximum absolute atomic E-state index is 12.0. The molecule has 1 aromatic rings. The van der Waals surface area contributed by atoms with Crippen molar-refractivity contribution in [2.75, 3.05) is 0 Å². The Hall–Kier alpha value is -0.560. The minimum absolute atomic E-state index is 0.142. The van der Waals surface area contributed by atoms with E-state index in [1.165, 1.54) is 6.07 Å². The Kier molecular flexibility index (Phi) is 4.60. The van der Waals surface area contributed by atoms with Gasteiger partial charge < -0.3 is 4.74 Å². The van der Waals surface area contributed by atoms with Gasteiger partial charge in [-0.2, -0.15) is 0 Å². The molecule has 0 aliphatic rings. The standard InChI is InChI=1S/C10H7Br2F3O2/c1-5(11)9(16)6-2-7(12)4-8(3-6)17-10(13,14)15/h2-5H,1H3. The third-order valence-electron chi connectivity index (χ3n) is 1.75. The highest BCUT2D eigenvalue weighted by atomic mass is 79.9. The zero-order valence-corrected chi connectivity index (χ0v) is 11.7. The van der Waals surface area contributed by atoms with E-state index in [0.29, 0.717) is 4.47 Å². The lowest BCUT2D eigenvalue weighted by Crippen LogP contribution is -2.18. The summed E-state index contributed by atoms with van der Waals surface area (Å²) < 4.78 is 40.2. The summed E-state index contributed by atoms with van der Waals surface area (Å²) in [6.45, 7) is 1.59. The molecule has 0 spiro atoms. The van der Waals surface area contributed by atoms with Gasteiger partial charge in [0.05, 0.1) is 4.83 Å². The zero-order chi connectivity index (χ0) is 13.2.